The third-order valence-corrected chi connectivity index (χ3v) is 2.25. The van der Waals surface area contributed by atoms with Crippen molar-refractivity contribution in [2.45, 2.75) is 26.0 Å². The van der Waals surface area contributed by atoms with Crippen molar-refractivity contribution in [1.29, 1.82) is 0 Å². The predicted octanol–water partition coefficient (Wildman–Crippen LogP) is 1.65. The number of amides is 1. The second-order valence-electron chi connectivity index (χ2n) is 3.61. The van der Waals surface area contributed by atoms with Gasteiger partial charge in [-0.1, -0.05) is 37.3 Å². The summed E-state index contributed by atoms with van der Waals surface area (Å²) >= 11 is 0. The highest BCUT2D eigenvalue weighted by molar-refractivity contribution is 5.67. The number of ether oxygens (including phenoxy) is 1. The van der Waals surface area contributed by atoms with Gasteiger partial charge >= 0.3 is 6.09 Å². The zero-order chi connectivity index (χ0) is 11.8. The van der Waals surface area contributed by atoms with Crippen molar-refractivity contribution < 1.29 is 9.53 Å². The van der Waals surface area contributed by atoms with Crippen LogP contribution < -0.4 is 11.1 Å². The Labute approximate surface area is 95.8 Å². The Hall–Kier alpha value is -1.55. The Morgan fingerprint density at radius 1 is 1.44 bits per heavy atom. The minimum atomic E-state index is -0.423. The lowest BCUT2D eigenvalue weighted by Gasteiger charge is -2.10. The maximum Gasteiger partial charge on any atom is 0.407 e. The lowest BCUT2D eigenvalue weighted by molar-refractivity contribution is 0.139. The number of rotatable bonds is 5. The number of hydrogen-bond acceptors (Lipinski definition) is 3. The molecule has 1 aromatic carbocycles. The van der Waals surface area contributed by atoms with Crippen molar-refractivity contribution in [3.05, 3.63) is 35.9 Å². The average molecular weight is 222 g/mol. The third-order valence-electron chi connectivity index (χ3n) is 2.25. The first-order valence-electron chi connectivity index (χ1n) is 5.42. The molecule has 88 valence electrons. The van der Waals surface area contributed by atoms with Crippen molar-refractivity contribution >= 4 is 6.09 Å². The summed E-state index contributed by atoms with van der Waals surface area (Å²) in [6, 6.07) is 9.54. The van der Waals surface area contributed by atoms with Gasteiger partial charge < -0.3 is 15.8 Å². The summed E-state index contributed by atoms with van der Waals surface area (Å²) in [5.41, 5.74) is 6.63. The van der Waals surface area contributed by atoms with E-state index in [1.54, 1.807) is 0 Å². The SMILES string of the molecule is CC[C@H](N)CNC(=O)OCc1ccccc1. The van der Waals surface area contributed by atoms with Crippen LogP contribution in [0.15, 0.2) is 30.3 Å². The van der Waals surface area contributed by atoms with Gasteiger partial charge in [0.15, 0.2) is 0 Å². The molecule has 4 heteroatoms. The van der Waals surface area contributed by atoms with Gasteiger partial charge in [0.25, 0.3) is 0 Å². The van der Waals surface area contributed by atoms with E-state index in [0.29, 0.717) is 6.54 Å². The van der Waals surface area contributed by atoms with Crippen molar-refractivity contribution in [3.8, 4) is 0 Å². The Balaban J connectivity index is 2.20. The highest BCUT2D eigenvalue weighted by Gasteiger charge is 2.04. The minimum Gasteiger partial charge on any atom is -0.445 e. The van der Waals surface area contributed by atoms with Gasteiger partial charge in [-0.2, -0.15) is 0 Å². The van der Waals surface area contributed by atoms with Crippen LogP contribution in [0.25, 0.3) is 0 Å². The van der Waals surface area contributed by atoms with Crippen LogP contribution in [0.3, 0.4) is 0 Å². The molecule has 1 atom stereocenters. The first-order chi connectivity index (χ1) is 7.72. The second kappa shape index (κ2) is 6.85. The summed E-state index contributed by atoms with van der Waals surface area (Å²) in [6.45, 7) is 2.71. The van der Waals surface area contributed by atoms with Gasteiger partial charge in [0.05, 0.1) is 0 Å². The van der Waals surface area contributed by atoms with Gasteiger partial charge in [-0.15, -0.1) is 0 Å². The fourth-order valence-electron chi connectivity index (χ4n) is 1.13. The molecular formula is C12H18N2O2. The molecule has 1 aromatic rings. The van der Waals surface area contributed by atoms with E-state index in [2.05, 4.69) is 5.32 Å². The van der Waals surface area contributed by atoms with Crippen LogP contribution in [0.5, 0.6) is 0 Å². The van der Waals surface area contributed by atoms with Gasteiger partial charge in [0.2, 0.25) is 0 Å². The fraction of sp³-hybridized carbons (Fsp3) is 0.417. The monoisotopic (exact) mass is 222 g/mol. The molecule has 0 fully saturated rings. The summed E-state index contributed by atoms with van der Waals surface area (Å²) in [4.78, 5) is 11.2. The molecule has 0 spiro atoms. The molecule has 1 amide bonds. The lowest BCUT2D eigenvalue weighted by atomic mass is 10.2. The molecule has 1 rings (SSSR count). The summed E-state index contributed by atoms with van der Waals surface area (Å²) < 4.78 is 5.02. The maximum absolute atomic E-state index is 11.2. The maximum atomic E-state index is 11.2. The molecule has 4 nitrogen and oxygen atoms in total. The third kappa shape index (κ3) is 4.79. The average Bonchev–Trinajstić information content (AvgIpc) is 2.34. The van der Waals surface area contributed by atoms with Gasteiger partial charge in [-0.3, -0.25) is 0 Å². The fourth-order valence-corrected chi connectivity index (χ4v) is 1.13. The van der Waals surface area contributed by atoms with Crippen molar-refractivity contribution in [3.63, 3.8) is 0 Å². The van der Waals surface area contributed by atoms with Gasteiger partial charge in [-0.05, 0) is 12.0 Å². The molecule has 0 radical (unpaired) electrons. The van der Waals surface area contributed by atoms with Gasteiger partial charge in [0.1, 0.15) is 6.61 Å². The lowest BCUT2D eigenvalue weighted by Crippen LogP contribution is -2.36. The minimum absolute atomic E-state index is 0.00993. The summed E-state index contributed by atoms with van der Waals surface area (Å²) in [5, 5.41) is 2.62. The first kappa shape index (κ1) is 12.5. The van der Waals surface area contributed by atoms with E-state index >= 15 is 0 Å². The topological polar surface area (TPSA) is 64.3 Å². The Morgan fingerprint density at radius 3 is 2.75 bits per heavy atom. The summed E-state index contributed by atoms with van der Waals surface area (Å²) in [6.07, 6.45) is 0.409. The molecular weight excluding hydrogens is 204 g/mol. The molecule has 0 unspecified atom stereocenters. The smallest absolute Gasteiger partial charge is 0.407 e. The first-order valence-corrected chi connectivity index (χ1v) is 5.42. The summed E-state index contributed by atoms with van der Waals surface area (Å²) in [7, 11) is 0. The number of hydrogen-bond donors (Lipinski definition) is 2. The summed E-state index contributed by atoms with van der Waals surface area (Å²) in [5.74, 6) is 0. The molecule has 16 heavy (non-hydrogen) atoms. The van der Waals surface area contributed by atoms with E-state index in [-0.39, 0.29) is 12.6 Å². The molecule has 0 aliphatic rings. The van der Waals surface area contributed by atoms with Crippen LogP contribution in [0, 0.1) is 0 Å². The van der Waals surface area contributed by atoms with E-state index < -0.39 is 6.09 Å². The molecule has 0 bridgehead atoms. The molecule has 0 aromatic heterocycles. The van der Waals surface area contributed by atoms with E-state index in [1.165, 1.54) is 0 Å². The van der Waals surface area contributed by atoms with Crippen molar-refractivity contribution in [2.24, 2.45) is 5.73 Å². The number of benzene rings is 1. The van der Waals surface area contributed by atoms with E-state index in [4.69, 9.17) is 10.5 Å². The van der Waals surface area contributed by atoms with Crippen molar-refractivity contribution in [2.75, 3.05) is 6.54 Å². The van der Waals surface area contributed by atoms with Crippen LogP contribution in [0.1, 0.15) is 18.9 Å². The molecule has 0 saturated carbocycles. The normalized spacial score (nSPS) is 11.9. The van der Waals surface area contributed by atoms with Crippen LogP contribution in [0.2, 0.25) is 0 Å². The zero-order valence-electron chi connectivity index (χ0n) is 9.48. The largest absolute Gasteiger partial charge is 0.445 e. The van der Waals surface area contributed by atoms with Crippen molar-refractivity contribution in [1.82, 2.24) is 5.32 Å². The molecule has 0 saturated heterocycles. The number of carbonyl (C=O) groups excluding carboxylic acids is 1. The Kier molecular flexibility index (Phi) is 5.36. The molecule has 0 heterocycles. The van der Waals surface area contributed by atoms with Crippen LogP contribution in [-0.4, -0.2) is 18.7 Å². The van der Waals surface area contributed by atoms with Crippen LogP contribution in [0.4, 0.5) is 4.79 Å². The highest BCUT2D eigenvalue weighted by atomic mass is 16.5. The number of alkyl carbamates (subject to hydrolysis) is 1. The predicted molar refractivity (Wildman–Crippen MR) is 62.9 cm³/mol. The van der Waals surface area contributed by atoms with Gasteiger partial charge in [-0.25, -0.2) is 4.79 Å². The molecule has 0 aliphatic heterocycles. The second-order valence-corrected chi connectivity index (χ2v) is 3.61. The van der Waals surface area contributed by atoms with Crippen LogP contribution >= 0.6 is 0 Å². The van der Waals surface area contributed by atoms with E-state index in [9.17, 15) is 4.79 Å². The highest BCUT2D eigenvalue weighted by Crippen LogP contribution is 2.00. The van der Waals surface area contributed by atoms with E-state index in [1.807, 2.05) is 37.3 Å². The van der Waals surface area contributed by atoms with Gasteiger partial charge in [0, 0.05) is 12.6 Å². The Morgan fingerprint density at radius 2 is 2.12 bits per heavy atom. The quantitative estimate of drug-likeness (QED) is 0.796. The number of nitrogens with two attached hydrogens (primary N) is 1. The number of carbonyl (C=O) groups is 1. The standard InChI is InChI=1S/C12H18N2O2/c1-2-11(13)8-14-12(15)16-9-10-6-4-3-5-7-10/h3-7,11H,2,8-9,13H2,1H3,(H,14,15)/t11-/m0/s1. The molecule has 0 aliphatic carbocycles. The zero-order valence-corrected chi connectivity index (χ0v) is 9.48. The van der Waals surface area contributed by atoms with Crippen LogP contribution in [-0.2, 0) is 11.3 Å². The molecule has 3 N–H and O–H groups in total. The van der Waals surface area contributed by atoms with E-state index in [0.717, 1.165) is 12.0 Å². The number of nitrogens with one attached hydrogen (secondary N) is 1. The Bertz CT molecular complexity index is 314.